The molecule has 2 rings (SSSR count). The van der Waals surface area contributed by atoms with Gasteiger partial charge in [0.1, 0.15) is 0 Å². The molecule has 0 saturated carbocycles. The highest BCUT2D eigenvalue weighted by atomic mass is 35.5. The Balaban J connectivity index is 2.25. The average Bonchev–Trinajstić information content (AvgIpc) is 2.36. The van der Waals surface area contributed by atoms with Crippen molar-refractivity contribution < 1.29 is 4.79 Å². The van der Waals surface area contributed by atoms with Crippen LogP contribution < -0.4 is 11.1 Å². The Hall–Kier alpha value is -1.42. The van der Waals surface area contributed by atoms with Gasteiger partial charge in [0.15, 0.2) is 0 Å². The molecule has 0 aliphatic carbocycles. The first kappa shape index (κ1) is 14.0. The zero-order valence-corrected chi connectivity index (χ0v) is 11.9. The van der Waals surface area contributed by atoms with Gasteiger partial charge in [0.25, 0.3) is 5.91 Å². The highest BCUT2D eigenvalue weighted by Crippen LogP contribution is 2.26. The number of carbonyl (C=O) groups excluding carboxylic acids is 1. The third-order valence-electron chi connectivity index (χ3n) is 2.41. The zero-order valence-electron chi connectivity index (χ0n) is 9.58. The second-order valence-electron chi connectivity index (χ2n) is 3.82. The largest absolute Gasteiger partial charge is 0.399 e. The highest BCUT2D eigenvalue weighted by molar-refractivity contribution is 6.42. The Labute approximate surface area is 125 Å². The minimum atomic E-state index is -0.365. The van der Waals surface area contributed by atoms with E-state index in [1.165, 1.54) is 6.07 Å². The van der Waals surface area contributed by atoms with Gasteiger partial charge >= 0.3 is 0 Å². The first-order valence-corrected chi connectivity index (χ1v) is 6.42. The number of nitrogen functional groups attached to an aromatic ring is 1. The molecule has 98 valence electrons. The van der Waals surface area contributed by atoms with Crippen LogP contribution in [0.15, 0.2) is 36.4 Å². The Bertz CT molecular complexity index is 644. The van der Waals surface area contributed by atoms with Crippen LogP contribution in [-0.2, 0) is 0 Å². The molecule has 0 spiro atoms. The molecule has 0 atom stereocenters. The number of carbonyl (C=O) groups is 1. The van der Waals surface area contributed by atoms with E-state index < -0.39 is 0 Å². The third-order valence-corrected chi connectivity index (χ3v) is 3.48. The molecular formula is C13H9Cl3N2O. The molecule has 19 heavy (non-hydrogen) atoms. The van der Waals surface area contributed by atoms with Gasteiger partial charge in [-0.25, -0.2) is 0 Å². The lowest BCUT2D eigenvalue weighted by Gasteiger charge is -2.08. The number of benzene rings is 2. The Morgan fingerprint density at radius 3 is 2.32 bits per heavy atom. The molecule has 6 heteroatoms. The van der Waals surface area contributed by atoms with E-state index in [9.17, 15) is 4.79 Å². The molecule has 0 bridgehead atoms. The van der Waals surface area contributed by atoms with Gasteiger partial charge in [0, 0.05) is 11.4 Å². The lowest BCUT2D eigenvalue weighted by molar-refractivity contribution is 0.102. The van der Waals surface area contributed by atoms with E-state index in [1.807, 2.05) is 0 Å². The van der Waals surface area contributed by atoms with Gasteiger partial charge in [-0.3, -0.25) is 4.79 Å². The van der Waals surface area contributed by atoms with Crippen molar-refractivity contribution >= 4 is 52.1 Å². The summed E-state index contributed by atoms with van der Waals surface area (Å²) in [4.78, 5) is 12.1. The van der Waals surface area contributed by atoms with Crippen molar-refractivity contribution in [3.8, 4) is 0 Å². The molecule has 0 aliphatic heterocycles. The number of anilines is 2. The van der Waals surface area contributed by atoms with Crippen LogP contribution in [0.1, 0.15) is 10.4 Å². The molecule has 0 heterocycles. The van der Waals surface area contributed by atoms with Crippen LogP contribution in [0.25, 0.3) is 0 Å². The molecule has 2 aromatic rings. The third kappa shape index (κ3) is 3.32. The Morgan fingerprint density at radius 2 is 1.63 bits per heavy atom. The van der Waals surface area contributed by atoms with E-state index in [0.717, 1.165) is 0 Å². The van der Waals surface area contributed by atoms with E-state index in [0.29, 0.717) is 32.0 Å². The maximum Gasteiger partial charge on any atom is 0.257 e. The minimum Gasteiger partial charge on any atom is -0.399 e. The summed E-state index contributed by atoms with van der Waals surface area (Å²) in [5.41, 5.74) is 6.91. The summed E-state index contributed by atoms with van der Waals surface area (Å²) >= 11 is 17.6. The fourth-order valence-corrected chi connectivity index (χ4v) is 1.99. The van der Waals surface area contributed by atoms with Crippen molar-refractivity contribution in [2.75, 3.05) is 11.1 Å². The van der Waals surface area contributed by atoms with Crippen LogP contribution in [0.4, 0.5) is 11.4 Å². The zero-order chi connectivity index (χ0) is 14.0. The number of nitrogens with one attached hydrogen (secondary N) is 1. The van der Waals surface area contributed by atoms with E-state index in [4.69, 9.17) is 40.5 Å². The lowest BCUT2D eigenvalue weighted by atomic mass is 10.2. The summed E-state index contributed by atoms with van der Waals surface area (Å²) in [5, 5.41) is 3.78. The molecule has 0 radical (unpaired) electrons. The number of rotatable bonds is 2. The van der Waals surface area contributed by atoms with Crippen LogP contribution >= 0.6 is 34.8 Å². The molecule has 2 aromatic carbocycles. The second-order valence-corrected chi connectivity index (χ2v) is 5.04. The van der Waals surface area contributed by atoms with Crippen molar-refractivity contribution in [1.82, 2.24) is 0 Å². The predicted molar refractivity (Wildman–Crippen MR) is 80.3 cm³/mol. The molecule has 0 aliphatic rings. The van der Waals surface area contributed by atoms with E-state index in [2.05, 4.69) is 5.32 Å². The van der Waals surface area contributed by atoms with E-state index >= 15 is 0 Å². The Morgan fingerprint density at radius 1 is 0.947 bits per heavy atom. The lowest BCUT2D eigenvalue weighted by Crippen LogP contribution is -2.12. The molecule has 0 unspecified atom stereocenters. The highest BCUT2D eigenvalue weighted by Gasteiger charge is 2.11. The summed E-state index contributed by atoms with van der Waals surface area (Å²) in [6, 6.07) is 9.50. The molecule has 0 fully saturated rings. The van der Waals surface area contributed by atoms with Gasteiger partial charge in [-0.1, -0.05) is 34.8 Å². The van der Waals surface area contributed by atoms with Crippen molar-refractivity contribution in [2.24, 2.45) is 0 Å². The fourth-order valence-electron chi connectivity index (χ4n) is 1.49. The molecule has 3 N–H and O–H groups in total. The first-order valence-electron chi connectivity index (χ1n) is 5.29. The molecular weight excluding hydrogens is 307 g/mol. The quantitative estimate of drug-likeness (QED) is 0.803. The summed E-state index contributed by atoms with van der Waals surface area (Å²) in [5.74, 6) is -0.365. The van der Waals surface area contributed by atoms with Crippen LogP contribution in [0.2, 0.25) is 15.1 Å². The SMILES string of the molecule is Nc1ccc(Cl)c(C(=O)Nc2ccc(Cl)c(Cl)c2)c1. The van der Waals surface area contributed by atoms with Crippen molar-refractivity contribution in [3.05, 3.63) is 57.0 Å². The van der Waals surface area contributed by atoms with Crippen molar-refractivity contribution in [1.29, 1.82) is 0 Å². The monoisotopic (exact) mass is 314 g/mol. The van der Waals surface area contributed by atoms with E-state index in [-0.39, 0.29) is 5.91 Å². The van der Waals surface area contributed by atoms with Gasteiger partial charge in [0.05, 0.1) is 20.6 Å². The van der Waals surface area contributed by atoms with Crippen molar-refractivity contribution in [2.45, 2.75) is 0 Å². The predicted octanol–water partition coefficient (Wildman–Crippen LogP) is 4.48. The van der Waals surface area contributed by atoms with Gasteiger partial charge in [-0.2, -0.15) is 0 Å². The van der Waals surface area contributed by atoms with Crippen molar-refractivity contribution in [3.63, 3.8) is 0 Å². The molecule has 0 aromatic heterocycles. The van der Waals surface area contributed by atoms with Crippen LogP contribution in [0.3, 0.4) is 0 Å². The van der Waals surface area contributed by atoms with Gasteiger partial charge in [0.2, 0.25) is 0 Å². The first-order chi connectivity index (χ1) is 8.97. The summed E-state index contributed by atoms with van der Waals surface area (Å²) in [6.07, 6.45) is 0. The maximum atomic E-state index is 12.1. The number of halogens is 3. The molecule has 0 saturated heterocycles. The van der Waals surface area contributed by atoms with Crippen LogP contribution in [0, 0.1) is 0 Å². The van der Waals surface area contributed by atoms with Gasteiger partial charge in [-0.05, 0) is 36.4 Å². The smallest absolute Gasteiger partial charge is 0.257 e. The molecule has 1 amide bonds. The number of hydrogen-bond acceptors (Lipinski definition) is 2. The van der Waals surface area contributed by atoms with Gasteiger partial charge in [-0.15, -0.1) is 0 Å². The number of amides is 1. The standard InChI is InChI=1S/C13H9Cl3N2O/c14-10-3-1-7(17)5-9(10)13(19)18-8-2-4-11(15)12(16)6-8/h1-6H,17H2,(H,18,19). The minimum absolute atomic E-state index is 0.299. The second kappa shape index (κ2) is 5.70. The fraction of sp³-hybridized carbons (Fsp3) is 0. The summed E-state index contributed by atoms with van der Waals surface area (Å²) in [7, 11) is 0. The maximum absolute atomic E-state index is 12.1. The number of nitrogens with two attached hydrogens (primary N) is 1. The van der Waals surface area contributed by atoms with Crippen LogP contribution in [-0.4, -0.2) is 5.91 Å². The van der Waals surface area contributed by atoms with Crippen LogP contribution in [0.5, 0.6) is 0 Å². The van der Waals surface area contributed by atoms with Gasteiger partial charge < -0.3 is 11.1 Å². The topological polar surface area (TPSA) is 55.1 Å². The summed E-state index contributed by atoms with van der Waals surface area (Å²) in [6.45, 7) is 0. The number of hydrogen-bond donors (Lipinski definition) is 2. The van der Waals surface area contributed by atoms with E-state index in [1.54, 1.807) is 30.3 Å². The normalized spacial score (nSPS) is 10.3. The molecule has 3 nitrogen and oxygen atoms in total. The Kier molecular flexibility index (Phi) is 4.20. The summed E-state index contributed by atoms with van der Waals surface area (Å²) < 4.78 is 0. The average molecular weight is 316 g/mol.